The normalized spacial score (nSPS) is 14.2. The Morgan fingerprint density at radius 3 is 1.98 bits per heavy atom. The lowest BCUT2D eigenvalue weighted by Gasteiger charge is -2.29. The predicted molar refractivity (Wildman–Crippen MR) is 183 cm³/mol. The fourth-order valence-electron chi connectivity index (χ4n) is 6.97. The third-order valence-electron chi connectivity index (χ3n) is 9.33. The first kappa shape index (κ1) is 27.5. The predicted octanol–water partition coefficient (Wildman–Crippen LogP) is 12.0. The summed E-state index contributed by atoms with van der Waals surface area (Å²) in [5.74, 6) is 0. The highest BCUT2D eigenvalue weighted by Gasteiger charge is 2.36. The van der Waals surface area contributed by atoms with E-state index >= 15 is 0 Å². The second kappa shape index (κ2) is 9.35. The Hall–Kier alpha value is -4.30. The summed E-state index contributed by atoms with van der Waals surface area (Å²) in [6, 6.07) is 37.8. The fourth-order valence-corrected chi connectivity index (χ4v) is 6.97. The van der Waals surface area contributed by atoms with Crippen molar-refractivity contribution in [3.63, 3.8) is 0 Å². The quantitative estimate of drug-likeness (QED) is 0.213. The summed E-state index contributed by atoms with van der Waals surface area (Å²) in [5, 5.41) is 2.37. The highest BCUT2D eigenvalue weighted by atomic mass is 16.3. The van der Waals surface area contributed by atoms with Crippen LogP contribution in [0.5, 0.6) is 0 Å². The van der Waals surface area contributed by atoms with Crippen LogP contribution in [0.4, 0.5) is 17.1 Å². The van der Waals surface area contributed by atoms with Gasteiger partial charge in [-0.25, -0.2) is 0 Å². The molecule has 0 unspecified atom stereocenters. The second-order valence-electron chi connectivity index (χ2n) is 14.7. The van der Waals surface area contributed by atoms with Crippen molar-refractivity contribution < 1.29 is 4.42 Å². The van der Waals surface area contributed by atoms with Crippen LogP contribution < -0.4 is 4.90 Å². The zero-order chi connectivity index (χ0) is 30.3. The molecule has 0 fully saturated rings. The monoisotopic (exact) mass is 563 g/mol. The number of fused-ring (bicyclic) bond motifs is 6. The minimum Gasteiger partial charge on any atom is -0.456 e. The molecular weight excluding hydrogens is 522 g/mol. The van der Waals surface area contributed by atoms with E-state index in [0.29, 0.717) is 0 Å². The molecule has 1 aliphatic rings. The van der Waals surface area contributed by atoms with Gasteiger partial charge in [0.05, 0.1) is 11.1 Å². The molecule has 216 valence electrons. The van der Waals surface area contributed by atoms with Gasteiger partial charge in [-0.2, -0.15) is 0 Å². The number of para-hydroxylation sites is 1. The van der Waals surface area contributed by atoms with Crippen molar-refractivity contribution in [2.24, 2.45) is 0 Å². The van der Waals surface area contributed by atoms with E-state index < -0.39 is 0 Å². The minimum absolute atomic E-state index is 0.0147. The van der Waals surface area contributed by atoms with Crippen LogP contribution in [0.1, 0.15) is 77.6 Å². The average molecular weight is 564 g/mol. The molecule has 2 nitrogen and oxygen atoms in total. The summed E-state index contributed by atoms with van der Waals surface area (Å²) in [6.45, 7) is 18.5. The van der Waals surface area contributed by atoms with E-state index in [0.717, 1.165) is 33.6 Å². The smallest absolute Gasteiger partial charge is 0.137 e. The third-order valence-corrected chi connectivity index (χ3v) is 9.33. The fraction of sp³-hybridized carbons (Fsp3) is 0.268. The van der Waals surface area contributed by atoms with Crippen LogP contribution in [0, 0.1) is 0 Å². The van der Waals surface area contributed by atoms with Crippen LogP contribution in [0.3, 0.4) is 0 Å². The molecule has 5 aromatic carbocycles. The summed E-state index contributed by atoms with van der Waals surface area (Å²) in [4.78, 5) is 2.42. The van der Waals surface area contributed by atoms with Crippen LogP contribution in [0.25, 0.3) is 33.1 Å². The van der Waals surface area contributed by atoms with Crippen molar-refractivity contribution in [3.05, 3.63) is 125 Å². The molecule has 0 radical (unpaired) electrons. The van der Waals surface area contributed by atoms with Gasteiger partial charge in [-0.1, -0.05) is 116 Å². The first-order valence-corrected chi connectivity index (χ1v) is 15.5. The van der Waals surface area contributed by atoms with Crippen molar-refractivity contribution in [2.45, 2.75) is 71.6 Å². The van der Waals surface area contributed by atoms with E-state index in [1.54, 1.807) is 0 Å². The lowest BCUT2D eigenvalue weighted by molar-refractivity contribution is 0.569. The van der Waals surface area contributed by atoms with Crippen LogP contribution in [0.2, 0.25) is 0 Å². The second-order valence-corrected chi connectivity index (χ2v) is 14.7. The van der Waals surface area contributed by atoms with E-state index in [1.165, 1.54) is 38.8 Å². The summed E-state index contributed by atoms with van der Waals surface area (Å²) < 4.78 is 6.71. The van der Waals surface area contributed by atoms with Gasteiger partial charge in [0.2, 0.25) is 0 Å². The molecule has 1 heterocycles. The van der Waals surface area contributed by atoms with Gasteiger partial charge in [0.15, 0.2) is 0 Å². The number of benzene rings is 5. The van der Waals surface area contributed by atoms with Crippen molar-refractivity contribution in [1.29, 1.82) is 0 Å². The van der Waals surface area contributed by atoms with Crippen molar-refractivity contribution >= 4 is 39.0 Å². The highest BCUT2D eigenvalue weighted by molar-refractivity contribution is 6.15. The Labute approximate surface area is 256 Å². The molecule has 0 saturated heterocycles. The maximum absolute atomic E-state index is 6.71. The van der Waals surface area contributed by atoms with E-state index in [4.69, 9.17) is 4.42 Å². The number of anilines is 3. The summed E-state index contributed by atoms with van der Waals surface area (Å²) in [5.41, 5.74) is 13.2. The Morgan fingerprint density at radius 1 is 0.558 bits per heavy atom. The van der Waals surface area contributed by atoms with Crippen molar-refractivity contribution in [3.8, 4) is 11.1 Å². The van der Waals surface area contributed by atoms with E-state index in [-0.39, 0.29) is 16.2 Å². The molecule has 1 aromatic heterocycles. The lowest BCUT2D eigenvalue weighted by Crippen LogP contribution is -2.17. The Kier molecular flexibility index (Phi) is 5.98. The average Bonchev–Trinajstić information content (AvgIpc) is 3.45. The summed E-state index contributed by atoms with van der Waals surface area (Å²) in [7, 11) is 0. The SMILES string of the molecule is CC(C)(C)c1cc(C(C)(C)C)c2c(c1)oc1cccc(N(c3ccccc3)c3ccc4c(c3)C(C)(C)c3ccccc3-4)c12. The molecule has 7 rings (SSSR count). The topological polar surface area (TPSA) is 16.4 Å². The van der Waals surface area contributed by atoms with Crippen LogP contribution >= 0.6 is 0 Å². The standard InChI is InChI=1S/C41H41NO/c1-39(2,3)26-23-33(40(4,5)6)37-36(24-26)43-35-20-14-19-34(38(35)37)42(27-15-10-9-11-16-27)28-21-22-30-29-17-12-13-18-31(29)41(7,8)32(30)25-28/h9-25H,1-8H3. The van der Waals surface area contributed by atoms with E-state index in [9.17, 15) is 0 Å². The van der Waals surface area contributed by atoms with Crippen molar-refractivity contribution in [2.75, 3.05) is 4.90 Å². The molecule has 1 aliphatic carbocycles. The first-order valence-electron chi connectivity index (χ1n) is 15.5. The van der Waals surface area contributed by atoms with Gasteiger partial charge >= 0.3 is 0 Å². The number of furan rings is 1. The van der Waals surface area contributed by atoms with Gasteiger partial charge < -0.3 is 9.32 Å². The summed E-state index contributed by atoms with van der Waals surface area (Å²) in [6.07, 6.45) is 0. The third kappa shape index (κ3) is 4.30. The maximum atomic E-state index is 6.71. The van der Waals surface area contributed by atoms with Gasteiger partial charge in [0.25, 0.3) is 0 Å². The molecule has 2 heteroatoms. The molecule has 0 atom stereocenters. The van der Waals surface area contributed by atoms with Gasteiger partial charge in [0.1, 0.15) is 11.2 Å². The molecule has 43 heavy (non-hydrogen) atoms. The molecule has 0 amide bonds. The first-order chi connectivity index (χ1) is 20.4. The molecule has 0 bridgehead atoms. The summed E-state index contributed by atoms with van der Waals surface area (Å²) >= 11 is 0. The molecule has 0 N–H and O–H groups in total. The number of rotatable bonds is 3. The number of hydrogen-bond donors (Lipinski definition) is 0. The molecule has 0 aliphatic heterocycles. The van der Waals surface area contributed by atoms with Crippen LogP contribution in [-0.4, -0.2) is 0 Å². The lowest BCUT2D eigenvalue weighted by atomic mass is 9.78. The van der Waals surface area contributed by atoms with E-state index in [2.05, 4.69) is 163 Å². The molecular formula is C41H41NO. The Balaban J connectivity index is 1.53. The zero-order valence-electron chi connectivity index (χ0n) is 26.7. The molecule has 0 spiro atoms. The minimum atomic E-state index is -0.0819. The van der Waals surface area contributed by atoms with Gasteiger partial charge in [-0.15, -0.1) is 0 Å². The van der Waals surface area contributed by atoms with E-state index in [1.807, 2.05) is 0 Å². The zero-order valence-corrected chi connectivity index (χ0v) is 26.7. The number of hydrogen-bond acceptors (Lipinski definition) is 2. The molecule has 6 aromatic rings. The van der Waals surface area contributed by atoms with Gasteiger partial charge in [-0.05, 0) is 86.7 Å². The van der Waals surface area contributed by atoms with Crippen LogP contribution in [-0.2, 0) is 16.2 Å². The van der Waals surface area contributed by atoms with Crippen molar-refractivity contribution in [1.82, 2.24) is 0 Å². The number of nitrogens with zero attached hydrogens (tertiary/aromatic N) is 1. The van der Waals surface area contributed by atoms with Gasteiger partial charge in [-0.3, -0.25) is 0 Å². The largest absolute Gasteiger partial charge is 0.456 e. The van der Waals surface area contributed by atoms with Crippen LogP contribution in [0.15, 0.2) is 108 Å². The van der Waals surface area contributed by atoms with Gasteiger partial charge in [0, 0.05) is 22.2 Å². The molecule has 0 saturated carbocycles. The highest BCUT2D eigenvalue weighted by Crippen LogP contribution is 2.52. The Morgan fingerprint density at radius 2 is 1.26 bits per heavy atom. The Bertz CT molecular complexity index is 2010. The maximum Gasteiger partial charge on any atom is 0.137 e.